The number of carboxylic acid groups (broad SMARTS) is 1. The molecule has 0 aromatic heterocycles. The Morgan fingerprint density at radius 1 is 1.30 bits per heavy atom. The highest BCUT2D eigenvalue weighted by Gasteiger charge is 2.36. The van der Waals surface area contributed by atoms with E-state index in [1.165, 1.54) is 23.2 Å². The van der Waals surface area contributed by atoms with Gasteiger partial charge in [0.25, 0.3) is 0 Å². The number of halogens is 4. The molecule has 2 aromatic rings. The number of carbonyl (C=O) groups excluding carboxylic acids is 1. The fourth-order valence-electron chi connectivity index (χ4n) is 4.00. The molecular formula is C25H25Cl2F2N7O4. The predicted molar refractivity (Wildman–Crippen MR) is 146 cm³/mol. The number of alkyl halides is 2. The van der Waals surface area contributed by atoms with E-state index in [4.69, 9.17) is 28.3 Å². The van der Waals surface area contributed by atoms with Crippen molar-refractivity contribution in [3.8, 4) is 11.9 Å². The number of benzene rings is 2. The summed E-state index contributed by atoms with van der Waals surface area (Å²) in [5.74, 6) is -0.362. The van der Waals surface area contributed by atoms with Gasteiger partial charge in [0.05, 0.1) is 28.3 Å². The Morgan fingerprint density at radius 2 is 2.08 bits per heavy atom. The first-order valence-corrected chi connectivity index (χ1v) is 12.7. The monoisotopic (exact) mass is 595 g/mol. The third-order valence-corrected chi connectivity index (χ3v) is 6.44. The van der Waals surface area contributed by atoms with E-state index in [-0.39, 0.29) is 48.6 Å². The van der Waals surface area contributed by atoms with Crippen molar-refractivity contribution in [3.63, 3.8) is 0 Å². The molecule has 1 aliphatic heterocycles. The molecule has 11 nitrogen and oxygen atoms in total. The molecule has 2 aromatic carbocycles. The van der Waals surface area contributed by atoms with E-state index < -0.39 is 18.7 Å². The number of nitrogens with zero attached hydrogens (tertiary/aromatic N) is 5. The van der Waals surface area contributed by atoms with Gasteiger partial charge in [0, 0.05) is 36.8 Å². The maximum absolute atomic E-state index is 13.2. The zero-order chi connectivity index (χ0) is 29.2. The van der Waals surface area contributed by atoms with E-state index >= 15 is 0 Å². The molecule has 40 heavy (non-hydrogen) atoms. The molecule has 0 radical (unpaired) electrons. The van der Waals surface area contributed by atoms with Gasteiger partial charge in [-0.3, -0.25) is 4.79 Å². The number of anilines is 1. The summed E-state index contributed by atoms with van der Waals surface area (Å²) in [7, 11) is 0. The maximum atomic E-state index is 13.2. The molecule has 0 spiro atoms. The second kappa shape index (κ2) is 14.3. The van der Waals surface area contributed by atoms with Crippen LogP contribution in [0.1, 0.15) is 25.3 Å². The second-order valence-corrected chi connectivity index (χ2v) is 9.11. The first-order valence-electron chi connectivity index (χ1n) is 12.0. The van der Waals surface area contributed by atoms with Crippen molar-refractivity contribution in [2.75, 3.05) is 25.0 Å². The molecule has 212 valence electrons. The molecule has 0 aliphatic carbocycles. The number of ether oxygens (including phenoxy) is 1. The molecule has 0 saturated heterocycles. The molecule has 1 heterocycles. The van der Waals surface area contributed by atoms with Gasteiger partial charge in [0.15, 0.2) is 0 Å². The largest absolute Gasteiger partial charge is 0.465 e. The smallest absolute Gasteiger partial charge is 0.404 e. The van der Waals surface area contributed by atoms with Crippen LogP contribution in [-0.4, -0.2) is 71.0 Å². The van der Waals surface area contributed by atoms with Gasteiger partial charge in [-0.25, -0.2) is 9.80 Å². The van der Waals surface area contributed by atoms with Gasteiger partial charge in [-0.2, -0.15) is 19.1 Å². The van der Waals surface area contributed by atoms with Crippen molar-refractivity contribution in [2.24, 2.45) is 10.1 Å². The van der Waals surface area contributed by atoms with E-state index in [0.717, 1.165) is 0 Å². The van der Waals surface area contributed by atoms with E-state index in [1.54, 1.807) is 42.3 Å². The van der Waals surface area contributed by atoms with Crippen LogP contribution >= 0.6 is 23.2 Å². The van der Waals surface area contributed by atoms with E-state index in [0.29, 0.717) is 28.5 Å². The number of nitrogens with one attached hydrogen (secondary N) is 2. The summed E-state index contributed by atoms with van der Waals surface area (Å²) in [5, 5.41) is 29.9. The summed E-state index contributed by atoms with van der Waals surface area (Å²) in [5.41, 5.74) is 1.32. The number of hydrogen-bond acceptors (Lipinski definition) is 6. The normalized spacial score (nSPS) is 14.9. The zero-order valence-corrected chi connectivity index (χ0v) is 22.7. The fraction of sp³-hybridized carbons (Fsp3) is 0.320. The highest BCUT2D eigenvalue weighted by atomic mass is 35.5. The average molecular weight is 596 g/mol. The lowest BCUT2D eigenvalue weighted by molar-refractivity contribution is -0.132. The Bertz CT molecular complexity index is 1340. The number of rotatable bonds is 10. The Labute approximate surface area is 238 Å². The number of hydrogen-bond donors (Lipinski definition) is 3. The maximum Gasteiger partial charge on any atom is 0.404 e. The molecule has 1 aliphatic rings. The van der Waals surface area contributed by atoms with Crippen molar-refractivity contribution in [3.05, 3.63) is 58.1 Å². The summed E-state index contributed by atoms with van der Waals surface area (Å²) in [4.78, 5) is 29.3. The Hall–Kier alpha value is -4.15. The first kappa shape index (κ1) is 30.4. The van der Waals surface area contributed by atoms with Crippen LogP contribution in [0.4, 0.5) is 19.3 Å². The summed E-state index contributed by atoms with van der Waals surface area (Å²) < 4.78 is 29.8. The third kappa shape index (κ3) is 8.17. The highest BCUT2D eigenvalue weighted by Crippen LogP contribution is 2.27. The van der Waals surface area contributed by atoms with Gasteiger partial charge in [0.1, 0.15) is 5.75 Å². The van der Waals surface area contributed by atoms with Crippen LogP contribution in [0, 0.1) is 11.5 Å². The molecule has 15 heteroatoms. The van der Waals surface area contributed by atoms with Crippen LogP contribution in [0.5, 0.6) is 5.75 Å². The standard InChI is InChI=1S/C25H25Cl2F2N7O4/c1-2-35(21(37)7-4-10-31-25(38)39)20-13-36(34-22(20)15-8-9-18(26)19(27)11-15)24(32-14-30)33-16-5-3-6-17(12-16)40-23(28)29/h3,5-6,8-9,11-12,20,23,31H,2,4,7,10,13H2,1H3,(H,32,33)(H,38,39). The minimum absolute atomic E-state index is 0.0223. The Morgan fingerprint density at radius 3 is 2.73 bits per heavy atom. The van der Waals surface area contributed by atoms with Gasteiger partial charge in [-0.1, -0.05) is 35.3 Å². The fourth-order valence-corrected chi connectivity index (χ4v) is 4.30. The Balaban J connectivity index is 1.92. The van der Waals surface area contributed by atoms with E-state index in [1.807, 2.05) is 0 Å². The molecule has 0 saturated carbocycles. The number of carbonyl (C=O) groups is 2. The van der Waals surface area contributed by atoms with Crippen LogP contribution in [0.2, 0.25) is 10.0 Å². The van der Waals surface area contributed by atoms with E-state index in [9.17, 15) is 23.6 Å². The number of guanidine groups is 1. The van der Waals surface area contributed by atoms with Crippen molar-refractivity contribution in [2.45, 2.75) is 32.4 Å². The summed E-state index contributed by atoms with van der Waals surface area (Å²) >= 11 is 12.3. The molecule has 0 bridgehead atoms. The zero-order valence-electron chi connectivity index (χ0n) is 21.2. The van der Waals surface area contributed by atoms with Gasteiger partial charge >= 0.3 is 12.7 Å². The number of likely N-dealkylation sites (N-methyl/N-ethyl adjacent to an activating group) is 1. The third-order valence-electron chi connectivity index (χ3n) is 5.70. The van der Waals surface area contributed by atoms with Gasteiger partial charge < -0.3 is 25.4 Å². The minimum Gasteiger partial charge on any atom is -0.465 e. The number of amides is 2. The van der Waals surface area contributed by atoms with Crippen LogP contribution < -0.4 is 15.4 Å². The summed E-state index contributed by atoms with van der Waals surface area (Å²) in [6, 6.07) is 9.99. The topological polar surface area (TPSA) is 143 Å². The molecule has 3 rings (SSSR count). The van der Waals surface area contributed by atoms with Crippen LogP contribution in [0.3, 0.4) is 0 Å². The van der Waals surface area contributed by atoms with Crippen LogP contribution in [0.15, 0.2) is 52.6 Å². The quantitative estimate of drug-likeness (QED) is 0.154. The van der Waals surface area contributed by atoms with Gasteiger partial charge in [-0.15, -0.1) is 4.99 Å². The van der Waals surface area contributed by atoms with Crippen molar-refractivity contribution >= 4 is 52.6 Å². The molecule has 1 atom stereocenters. The highest BCUT2D eigenvalue weighted by molar-refractivity contribution is 6.42. The molecule has 2 amide bonds. The van der Waals surface area contributed by atoms with Gasteiger partial charge in [0.2, 0.25) is 18.1 Å². The number of nitriles is 1. The lowest BCUT2D eigenvalue weighted by Crippen LogP contribution is -2.47. The van der Waals surface area contributed by atoms with Gasteiger partial charge in [-0.05, 0) is 37.6 Å². The molecule has 3 N–H and O–H groups in total. The average Bonchev–Trinajstić information content (AvgIpc) is 3.33. The predicted octanol–water partition coefficient (Wildman–Crippen LogP) is 4.83. The van der Waals surface area contributed by atoms with Crippen LogP contribution in [0.25, 0.3) is 0 Å². The molecule has 0 fully saturated rings. The Kier molecular flexibility index (Phi) is 10.9. The van der Waals surface area contributed by atoms with Crippen LogP contribution in [-0.2, 0) is 4.79 Å². The van der Waals surface area contributed by atoms with Crippen molar-refractivity contribution in [1.82, 2.24) is 15.2 Å². The summed E-state index contributed by atoms with van der Waals surface area (Å²) in [6.07, 6.45) is 0.885. The van der Waals surface area contributed by atoms with E-state index in [2.05, 4.69) is 25.5 Å². The molecule has 1 unspecified atom stereocenters. The molecular weight excluding hydrogens is 571 g/mol. The minimum atomic E-state index is -3.02. The SMILES string of the molecule is CCN(C(=O)CCCNC(=O)O)C1CN(/C(=N\C#N)Nc2cccc(OC(F)F)c2)N=C1c1ccc(Cl)c(Cl)c1. The second-order valence-electron chi connectivity index (χ2n) is 8.29. The van der Waals surface area contributed by atoms with Crippen molar-refractivity contribution in [1.29, 1.82) is 5.26 Å². The first-order chi connectivity index (χ1) is 19.1. The lowest BCUT2D eigenvalue weighted by atomic mass is 10.0. The number of hydrazone groups is 1. The summed E-state index contributed by atoms with van der Waals surface area (Å²) in [6.45, 7) is -0.726. The van der Waals surface area contributed by atoms with Crippen molar-refractivity contribution < 1.29 is 28.2 Å². The lowest BCUT2D eigenvalue weighted by Gasteiger charge is -2.29. The number of aliphatic imine (C=N–C) groups is 1.